The number of halogens is 1. The third kappa shape index (κ3) is 5.11. The summed E-state index contributed by atoms with van der Waals surface area (Å²) in [6, 6.07) is 0. The second kappa shape index (κ2) is 4.92. The van der Waals surface area contributed by atoms with Crippen LogP contribution in [-0.4, -0.2) is 30.8 Å². The number of piperidine rings is 1. The molecule has 4 heteroatoms. The summed E-state index contributed by atoms with van der Waals surface area (Å²) in [6.07, 6.45) is -0.0529. The number of hydrogen-bond acceptors (Lipinski definition) is 3. The van der Waals surface area contributed by atoms with Gasteiger partial charge in [0.1, 0.15) is 11.8 Å². The number of carbonyl (C=O) groups excluding carboxylic acids is 1. The van der Waals surface area contributed by atoms with Crippen molar-refractivity contribution in [1.29, 1.82) is 0 Å². The van der Waals surface area contributed by atoms with Gasteiger partial charge >= 0.3 is 5.97 Å². The predicted molar refractivity (Wildman–Crippen MR) is 56.3 cm³/mol. The molecule has 88 valence electrons. The molecule has 1 saturated heterocycles. The lowest BCUT2D eigenvalue weighted by Crippen LogP contribution is -2.39. The summed E-state index contributed by atoms with van der Waals surface area (Å²) in [4.78, 5) is 11.5. The fraction of sp³-hybridized carbons (Fsp3) is 0.909. The minimum atomic E-state index is -0.828. The monoisotopic (exact) mass is 217 g/mol. The van der Waals surface area contributed by atoms with Gasteiger partial charge in [-0.25, -0.2) is 4.39 Å². The van der Waals surface area contributed by atoms with Gasteiger partial charge in [-0.15, -0.1) is 0 Å². The van der Waals surface area contributed by atoms with Gasteiger partial charge in [0.05, 0.1) is 0 Å². The van der Waals surface area contributed by atoms with Gasteiger partial charge in [0.25, 0.3) is 0 Å². The predicted octanol–water partition coefficient (Wildman–Crippen LogP) is 1.67. The van der Waals surface area contributed by atoms with Crippen molar-refractivity contribution in [3.8, 4) is 0 Å². The Hall–Kier alpha value is -0.640. The van der Waals surface area contributed by atoms with E-state index in [4.69, 9.17) is 4.74 Å². The van der Waals surface area contributed by atoms with Gasteiger partial charge in [0, 0.05) is 13.0 Å². The summed E-state index contributed by atoms with van der Waals surface area (Å²) in [6.45, 7) is 6.62. The van der Waals surface area contributed by atoms with Crippen molar-refractivity contribution in [2.75, 3.05) is 13.1 Å². The highest BCUT2D eigenvalue weighted by atomic mass is 19.1. The Labute approximate surface area is 90.4 Å². The Morgan fingerprint density at radius 1 is 1.47 bits per heavy atom. The number of rotatable bonds is 2. The van der Waals surface area contributed by atoms with Gasteiger partial charge in [-0.1, -0.05) is 0 Å². The first kappa shape index (κ1) is 12.4. The SMILES string of the molecule is CC(C)(C)OC(=O)C[C@H]1CNC[C@@H](F)C1. The molecule has 0 bridgehead atoms. The molecule has 0 amide bonds. The molecule has 1 aliphatic heterocycles. The van der Waals surface area contributed by atoms with Crippen molar-refractivity contribution in [3.63, 3.8) is 0 Å². The molecule has 1 aliphatic rings. The molecule has 1 N–H and O–H groups in total. The van der Waals surface area contributed by atoms with Crippen LogP contribution < -0.4 is 5.32 Å². The molecule has 1 heterocycles. The van der Waals surface area contributed by atoms with E-state index in [2.05, 4.69) is 5.32 Å². The van der Waals surface area contributed by atoms with E-state index in [1.807, 2.05) is 20.8 Å². The van der Waals surface area contributed by atoms with E-state index in [1.165, 1.54) is 0 Å². The Balaban J connectivity index is 2.31. The van der Waals surface area contributed by atoms with E-state index < -0.39 is 11.8 Å². The molecule has 0 aromatic rings. The highest BCUT2D eigenvalue weighted by molar-refractivity contribution is 5.70. The minimum Gasteiger partial charge on any atom is -0.460 e. The molecule has 0 spiro atoms. The topological polar surface area (TPSA) is 38.3 Å². The number of ether oxygens (including phenoxy) is 1. The number of hydrogen-bond donors (Lipinski definition) is 1. The lowest BCUT2D eigenvalue weighted by atomic mass is 9.95. The molecular formula is C11H20FNO2. The second-order valence-corrected chi connectivity index (χ2v) is 5.15. The van der Waals surface area contributed by atoms with Gasteiger partial charge in [-0.05, 0) is 39.7 Å². The second-order valence-electron chi connectivity index (χ2n) is 5.15. The summed E-state index contributed by atoms with van der Waals surface area (Å²) in [5.74, 6) is -0.160. The Bertz CT molecular complexity index is 225. The quantitative estimate of drug-likeness (QED) is 0.715. The zero-order valence-corrected chi connectivity index (χ0v) is 9.68. The van der Waals surface area contributed by atoms with E-state index in [-0.39, 0.29) is 11.9 Å². The molecule has 0 aromatic carbocycles. The zero-order chi connectivity index (χ0) is 11.5. The van der Waals surface area contributed by atoms with Crippen LogP contribution in [0, 0.1) is 5.92 Å². The van der Waals surface area contributed by atoms with Crippen molar-refractivity contribution < 1.29 is 13.9 Å². The molecule has 1 fully saturated rings. The van der Waals surface area contributed by atoms with E-state index in [0.717, 1.165) is 0 Å². The standard InChI is InChI=1S/C11H20FNO2/c1-11(2,3)15-10(14)5-8-4-9(12)7-13-6-8/h8-9,13H,4-7H2,1-3H3/t8-,9-/m0/s1. The van der Waals surface area contributed by atoms with Gasteiger partial charge in [0.15, 0.2) is 0 Å². The lowest BCUT2D eigenvalue weighted by Gasteiger charge is -2.26. The third-order valence-corrected chi connectivity index (χ3v) is 2.26. The Morgan fingerprint density at radius 3 is 2.67 bits per heavy atom. The molecule has 0 radical (unpaired) electrons. The number of carbonyl (C=O) groups is 1. The molecule has 0 aliphatic carbocycles. The van der Waals surface area contributed by atoms with Crippen LogP contribution in [0.4, 0.5) is 4.39 Å². The summed E-state index contributed by atoms with van der Waals surface area (Å²) < 4.78 is 18.2. The highest BCUT2D eigenvalue weighted by Crippen LogP contribution is 2.19. The van der Waals surface area contributed by atoms with Gasteiger partial charge in [0.2, 0.25) is 0 Å². The molecule has 2 atom stereocenters. The van der Waals surface area contributed by atoms with Gasteiger partial charge in [-0.3, -0.25) is 4.79 Å². The highest BCUT2D eigenvalue weighted by Gasteiger charge is 2.25. The third-order valence-electron chi connectivity index (χ3n) is 2.26. The van der Waals surface area contributed by atoms with Crippen LogP contribution in [0.15, 0.2) is 0 Å². The van der Waals surface area contributed by atoms with Crippen LogP contribution in [0.3, 0.4) is 0 Å². The first-order valence-electron chi connectivity index (χ1n) is 5.43. The largest absolute Gasteiger partial charge is 0.460 e. The van der Waals surface area contributed by atoms with Crippen molar-refractivity contribution in [2.45, 2.75) is 45.4 Å². The van der Waals surface area contributed by atoms with Crippen molar-refractivity contribution in [1.82, 2.24) is 5.32 Å². The summed E-state index contributed by atoms with van der Waals surface area (Å²) in [7, 11) is 0. The average molecular weight is 217 g/mol. The van der Waals surface area contributed by atoms with Crippen molar-refractivity contribution in [3.05, 3.63) is 0 Å². The van der Waals surface area contributed by atoms with Crippen LogP contribution in [0.2, 0.25) is 0 Å². The summed E-state index contributed by atoms with van der Waals surface area (Å²) >= 11 is 0. The maximum absolute atomic E-state index is 13.0. The van der Waals surface area contributed by atoms with Gasteiger partial charge < -0.3 is 10.1 Å². The number of alkyl halides is 1. The molecule has 0 saturated carbocycles. The van der Waals surface area contributed by atoms with E-state index in [9.17, 15) is 9.18 Å². The van der Waals surface area contributed by atoms with Crippen LogP contribution >= 0.6 is 0 Å². The summed E-state index contributed by atoms with van der Waals surface area (Å²) in [5.41, 5.74) is -0.450. The first-order chi connectivity index (χ1) is 6.87. The molecule has 1 rings (SSSR count). The summed E-state index contributed by atoms with van der Waals surface area (Å²) in [5, 5.41) is 2.97. The van der Waals surface area contributed by atoms with E-state index >= 15 is 0 Å². The lowest BCUT2D eigenvalue weighted by molar-refractivity contribution is -0.156. The first-order valence-corrected chi connectivity index (χ1v) is 5.43. The van der Waals surface area contributed by atoms with Crippen molar-refractivity contribution >= 4 is 5.97 Å². The van der Waals surface area contributed by atoms with Crippen LogP contribution in [-0.2, 0) is 9.53 Å². The number of nitrogens with one attached hydrogen (secondary N) is 1. The fourth-order valence-electron chi connectivity index (χ4n) is 1.75. The van der Waals surface area contributed by atoms with Crippen LogP contribution in [0.25, 0.3) is 0 Å². The van der Waals surface area contributed by atoms with E-state index in [1.54, 1.807) is 0 Å². The molecule has 15 heavy (non-hydrogen) atoms. The fourth-order valence-corrected chi connectivity index (χ4v) is 1.75. The zero-order valence-electron chi connectivity index (χ0n) is 9.68. The molecule has 3 nitrogen and oxygen atoms in total. The molecular weight excluding hydrogens is 197 g/mol. The molecule has 0 aromatic heterocycles. The molecule has 0 unspecified atom stereocenters. The maximum atomic E-state index is 13.0. The van der Waals surface area contributed by atoms with Gasteiger partial charge in [-0.2, -0.15) is 0 Å². The Kier molecular flexibility index (Phi) is 4.08. The van der Waals surface area contributed by atoms with Crippen molar-refractivity contribution in [2.24, 2.45) is 5.92 Å². The minimum absolute atomic E-state index is 0.0728. The van der Waals surface area contributed by atoms with E-state index in [0.29, 0.717) is 25.9 Å². The van der Waals surface area contributed by atoms with Crippen LogP contribution in [0.1, 0.15) is 33.6 Å². The van der Waals surface area contributed by atoms with Crippen LogP contribution in [0.5, 0.6) is 0 Å². The maximum Gasteiger partial charge on any atom is 0.306 e. The average Bonchev–Trinajstić information content (AvgIpc) is 1.99. The smallest absolute Gasteiger partial charge is 0.306 e. The Morgan fingerprint density at radius 2 is 2.13 bits per heavy atom. The normalized spacial score (nSPS) is 27.5. The number of esters is 1.